The number of hydrogen-bond donors (Lipinski definition) is 1. The van der Waals surface area contributed by atoms with Crippen LogP contribution >= 0.6 is 0 Å². The Bertz CT molecular complexity index is 444. The molecule has 0 saturated heterocycles. The molecule has 100 valence electrons. The number of carbonyl (C=O) groups is 1. The number of ether oxygens (including phenoxy) is 1. The molecule has 1 atom stereocenters. The Kier molecular flexibility index (Phi) is 4.27. The fraction of sp³-hybridized carbons (Fsp3) is 0.462. The first-order valence-electron chi connectivity index (χ1n) is 5.66. The normalized spacial score (nSPS) is 13.2. The molecule has 0 fully saturated rings. The lowest BCUT2D eigenvalue weighted by molar-refractivity contribution is -0.144. The zero-order chi connectivity index (χ0) is 13.9. The van der Waals surface area contributed by atoms with E-state index in [1.165, 1.54) is 26.0 Å². The summed E-state index contributed by atoms with van der Waals surface area (Å²) in [5.41, 5.74) is 0.409. The first kappa shape index (κ1) is 14.4. The number of rotatable bonds is 5. The van der Waals surface area contributed by atoms with E-state index in [1.807, 2.05) is 0 Å². The molecule has 0 aromatic heterocycles. The summed E-state index contributed by atoms with van der Waals surface area (Å²) in [5.74, 6) is -4.30. The minimum atomic E-state index is -3.03. The second-order valence-corrected chi connectivity index (χ2v) is 4.16. The molecule has 1 N–H and O–H groups in total. The molecule has 1 unspecified atom stereocenters. The summed E-state index contributed by atoms with van der Waals surface area (Å²) in [6.45, 7) is 4.36. The van der Waals surface area contributed by atoms with Gasteiger partial charge in [0.25, 0.3) is 5.92 Å². The van der Waals surface area contributed by atoms with Crippen LogP contribution in [0.2, 0.25) is 0 Å². The van der Waals surface area contributed by atoms with Crippen molar-refractivity contribution in [1.82, 2.24) is 0 Å². The van der Waals surface area contributed by atoms with E-state index in [-0.39, 0.29) is 17.7 Å². The third-order valence-corrected chi connectivity index (χ3v) is 2.62. The first-order chi connectivity index (χ1) is 8.27. The lowest BCUT2D eigenvalue weighted by atomic mass is 10.0. The number of carboxylic acids is 1. The van der Waals surface area contributed by atoms with Crippen LogP contribution in [0.1, 0.15) is 31.4 Å². The number of alkyl halides is 2. The van der Waals surface area contributed by atoms with E-state index < -0.39 is 18.0 Å². The second kappa shape index (κ2) is 5.33. The largest absolute Gasteiger partial charge is 0.479 e. The molecular formula is C13H16F2O3. The molecule has 18 heavy (non-hydrogen) atoms. The number of aryl methyl sites for hydroxylation is 1. The molecule has 0 spiro atoms. The van der Waals surface area contributed by atoms with Crippen molar-refractivity contribution in [3.63, 3.8) is 0 Å². The van der Waals surface area contributed by atoms with Gasteiger partial charge in [0, 0.05) is 6.42 Å². The van der Waals surface area contributed by atoms with E-state index in [1.54, 1.807) is 13.0 Å². The third-order valence-electron chi connectivity index (χ3n) is 2.62. The fourth-order valence-electron chi connectivity index (χ4n) is 1.46. The Hall–Kier alpha value is -1.65. The lowest BCUT2D eigenvalue weighted by Crippen LogP contribution is -2.25. The number of aliphatic carboxylic acids is 1. The van der Waals surface area contributed by atoms with Crippen LogP contribution in [0.25, 0.3) is 0 Å². The maximum atomic E-state index is 13.7. The summed E-state index contributed by atoms with van der Waals surface area (Å²) in [4.78, 5) is 10.7. The third kappa shape index (κ3) is 3.18. The average molecular weight is 258 g/mol. The summed E-state index contributed by atoms with van der Waals surface area (Å²) in [6.07, 6.45) is -1.53. The van der Waals surface area contributed by atoms with Gasteiger partial charge >= 0.3 is 5.97 Å². The lowest BCUT2D eigenvalue weighted by Gasteiger charge is -2.20. The van der Waals surface area contributed by atoms with E-state index in [0.29, 0.717) is 5.56 Å². The van der Waals surface area contributed by atoms with E-state index in [0.717, 1.165) is 0 Å². The van der Waals surface area contributed by atoms with Gasteiger partial charge in [0.1, 0.15) is 5.75 Å². The zero-order valence-electron chi connectivity index (χ0n) is 10.5. The smallest absolute Gasteiger partial charge is 0.344 e. The molecule has 5 heteroatoms. The first-order valence-corrected chi connectivity index (χ1v) is 5.66. The SMILES string of the molecule is CCC(F)(F)c1cc(C)ccc1OC(C)C(=O)O. The van der Waals surface area contributed by atoms with Crippen LogP contribution in [0.3, 0.4) is 0 Å². The van der Waals surface area contributed by atoms with Gasteiger partial charge < -0.3 is 9.84 Å². The summed E-state index contributed by atoms with van der Waals surface area (Å²) < 4.78 is 32.6. The second-order valence-electron chi connectivity index (χ2n) is 4.16. The summed E-state index contributed by atoms with van der Waals surface area (Å²) >= 11 is 0. The Morgan fingerprint density at radius 2 is 2.11 bits per heavy atom. The number of hydrogen-bond acceptors (Lipinski definition) is 2. The topological polar surface area (TPSA) is 46.5 Å². The molecule has 0 bridgehead atoms. The minimum Gasteiger partial charge on any atom is -0.479 e. The van der Waals surface area contributed by atoms with Crippen molar-refractivity contribution in [2.45, 2.75) is 39.2 Å². The Morgan fingerprint density at radius 1 is 1.50 bits per heavy atom. The average Bonchev–Trinajstić information content (AvgIpc) is 2.31. The van der Waals surface area contributed by atoms with Crippen LogP contribution in [-0.4, -0.2) is 17.2 Å². The molecule has 1 aromatic rings. The summed E-state index contributed by atoms with van der Waals surface area (Å²) in [7, 11) is 0. The highest BCUT2D eigenvalue weighted by Gasteiger charge is 2.33. The van der Waals surface area contributed by atoms with Gasteiger partial charge in [-0.1, -0.05) is 18.6 Å². The van der Waals surface area contributed by atoms with Gasteiger partial charge in [-0.25, -0.2) is 13.6 Å². The van der Waals surface area contributed by atoms with E-state index in [2.05, 4.69) is 0 Å². The quantitative estimate of drug-likeness (QED) is 0.881. The molecule has 0 aliphatic carbocycles. The maximum absolute atomic E-state index is 13.7. The highest BCUT2D eigenvalue weighted by molar-refractivity contribution is 5.72. The van der Waals surface area contributed by atoms with Crippen molar-refractivity contribution < 1.29 is 23.4 Å². The molecule has 0 radical (unpaired) electrons. The predicted octanol–water partition coefficient (Wildman–Crippen LogP) is 3.35. The van der Waals surface area contributed by atoms with Gasteiger partial charge in [-0.3, -0.25) is 0 Å². The van der Waals surface area contributed by atoms with Gasteiger partial charge in [0.05, 0.1) is 5.56 Å². The van der Waals surface area contributed by atoms with Crippen molar-refractivity contribution in [3.05, 3.63) is 29.3 Å². The Labute approximate surface area is 104 Å². The van der Waals surface area contributed by atoms with Crippen LogP contribution in [0.5, 0.6) is 5.75 Å². The highest BCUT2D eigenvalue weighted by Crippen LogP contribution is 2.38. The van der Waals surface area contributed by atoms with Crippen molar-refractivity contribution in [2.75, 3.05) is 0 Å². The molecule has 0 aliphatic heterocycles. The monoisotopic (exact) mass is 258 g/mol. The summed E-state index contributed by atoms with van der Waals surface area (Å²) in [6, 6.07) is 4.32. The number of halogens is 2. The van der Waals surface area contributed by atoms with Crippen LogP contribution < -0.4 is 4.74 Å². The van der Waals surface area contributed by atoms with Crippen LogP contribution in [0.4, 0.5) is 8.78 Å². The number of carboxylic acid groups (broad SMARTS) is 1. The van der Waals surface area contributed by atoms with Gasteiger partial charge in [-0.05, 0) is 26.0 Å². The Balaban J connectivity index is 3.15. The molecule has 0 saturated carbocycles. The van der Waals surface area contributed by atoms with E-state index >= 15 is 0 Å². The van der Waals surface area contributed by atoms with Gasteiger partial charge in [-0.15, -0.1) is 0 Å². The molecule has 0 amide bonds. The standard InChI is InChI=1S/C13H16F2O3/c1-4-13(14,15)10-7-8(2)5-6-11(10)18-9(3)12(16)17/h5-7,9H,4H2,1-3H3,(H,16,17). The molecule has 3 nitrogen and oxygen atoms in total. The minimum absolute atomic E-state index is 0.0812. The van der Waals surface area contributed by atoms with Gasteiger partial charge in [-0.2, -0.15) is 0 Å². The maximum Gasteiger partial charge on any atom is 0.344 e. The molecule has 1 aromatic carbocycles. The number of benzene rings is 1. The van der Waals surface area contributed by atoms with Crippen molar-refractivity contribution in [1.29, 1.82) is 0 Å². The summed E-state index contributed by atoms with van der Waals surface area (Å²) in [5, 5.41) is 8.74. The molecule has 0 heterocycles. The highest BCUT2D eigenvalue weighted by atomic mass is 19.3. The molecular weight excluding hydrogens is 242 g/mol. The van der Waals surface area contributed by atoms with Crippen LogP contribution in [0, 0.1) is 6.92 Å². The van der Waals surface area contributed by atoms with Gasteiger partial charge in [0.2, 0.25) is 0 Å². The van der Waals surface area contributed by atoms with Crippen molar-refractivity contribution >= 4 is 5.97 Å². The Morgan fingerprint density at radius 3 is 2.61 bits per heavy atom. The van der Waals surface area contributed by atoms with Gasteiger partial charge in [0.15, 0.2) is 6.10 Å². The van der Waals surface area contributed by atoms with Crippen LogP contribution in [-0.2, 0) is 10.7 Å². The predicted molar refractivity (Wildman–Crippen MR) is 63.1 cm³/mol. The zero-order valence-corrected chi connectivity index (χ0v) is 10.5. The fourth-order valence-corrected chi connectivity index (χ4v) is 1.46. The molecule has 1 rings (SSSR count). The van der Waals surface area contributed by atoms with Crippen LogP contribution in [0.15, 0.2) is 18.2 Å². The molecule has 0 aliphatic rings. The van der Waals surface area contributed by atoms with E-state index in [9.17, 15) is 13.6 Å². The van der Waals surface area contributed by atoms with E-state index in [4.69, 9.17) is 9.84 Å². The van der Waals surface area contributed by atoms with Crippen molar-refractivity contribution in [3.8, 4) is 5.75 Å². The van der Waals surface area contributed by atoms with Crippen molar-refractivity contribution in [2.24, 2.45) is 0 Å².